The lowest BCUT2D eigenvalue weighted by Gasteiger charge is -2.44. The number of hydrogen-bond donors (Lipinski definition) is 1. The largest absolute Gasteiger partial charge is 0.348 e. The van der Waals surface area contributed by atoms with Crippen LogP contribution in [-0.4, -0.2) is 36.5 Å². The quantitative estimate of drug-likeness (QED) is 0.902. The number of hydrogen-bond acceptors (Lipinski definition) is 2. The van der Waals surface area contributed by atoms with Crippen molar-refractivity contribution in [2.45, 2.75) is 18.9 Å². The minimum absolute atomic E-state index is 0. The number of piperidine rings is 3. The third-order valence-electron chi connectivity index (χ3n) is 4.09. The Balaban J connectivity index is 0.00000133. The summed E-state index contributed by atoms with van der Waals surface area (Å²) in [6.07, 6.45) is 2.28. The topological polar surface area (TPSA) is 32.3 Å². The lowest BCUT2D eigenvalue weighted by Crippen LogP contribution is -2.57. The van der Waals surface area contributed by atoms with Crippen LogP contribution in [0.15, 0.2) is 24.3 Å². The van der Waals surface area contributed by atoms with Crippen LogP contribution in [0.25, 0.3) is 0 Å². The number of rotatable bonds is 2. The minimum atomic E-state index is -0.448. The molecule has 4 rings (SSSR count). The Morgan fingerprint density at radius 1 is 1.26 bits per heavy atom. The molecule has 3 heterocycles. The fraction of sp³-hybridized carbons (Fsp3) is 0.500. The Bertz CT molecular complexity index is 461. The van der Waals surface area contributed by atoms with Crippen molar-refractivity contribution in [1.82, 2.24) is 10.2 Å². The molecule has 0 aliphatic carbocycles. The maximum atomic E-state index is 13.5. The second-order valence-electron chi connectivity index (χ2n) is 5.20. The maximum Gasteiger partial charge on any atom is 0.254 e. The van der Waals surface area contributed by atoms with Crippen LogP contribution >= 0.6 is 12.4 Å². The molecule has 0 radical (unpaired) electrons. The standard InChI is InChI=1S/C14H17FN2O.ClH/c15-12-4-2-1-3-11(12)14(18)16-13-9-17-7-5-10(13)6-8-17;/h1-4,10,13H,5-9H2,(H,16,18);1H. The van der Waals surface area contributed by atoms with Gasteiger partial charge in [0.15, 0.2) is 0 Å². The fourth-order valence-electron chi connectivity index (χ4n) is 3.02. The van der Waals surface area contributed by atoms with Gasteiger partial charge in [-0.05, 0) is 44.0 Å². The predicted molar refractivity (Wildman–Crippen MR) is 74.1 cm³/mol. The number of nitrogens with one attached hydrogen (secondary N) is 1. The summed E-state index contributed by atoms with van der Waals surface area (Å²) in [4.78, 5) is 14.4. The van der Waals surface area contributed by atoms with Gasteiger partial charge in [-0.25, -0.2) is 4.39 Å². The maximum absolute atomic E-state index is 13.5. The lowest BCUT2D eigenvalue weighted by molar-refractivity contribution is 0.0618. The van der Waals surface area contributed by atoms with Crippen LogP contribution in [0.4, 0.5) is 4.39 Å². The summed E-state index contributed by atoms with van der Waals surface area (Å²) in [7, 11) is 0. The van der Waals surface area contributed by atoms with Crippen molar-refractivity contribution in [3.05, 3.63) is 35.6 Å². The SMILES string of the molecule is Cl.O=C(NC1CN2CCC1CC2)c1ccccc1F. The van der Waals surface area contributed by atoms with Crippen LogP contribution in [0.3, 0.4) is 0 Å². The highest BCUT2D eigenvalue weighted by atomic mass is 35.5. The number of benzene rings is 1. The summed E-state index contributed by atoms with van der Waals surface area (Å²) in [5, 5.41) is 2.99. The summed E-state index contributed by atoms with van der Waals surface area (Å²) in [6.45, 7) is 3.18. The molecule has 1 atom stereocenters. The van der Waals surface area contributed by atoms with Gasteiger partial charge in [0.05, 0.1) is 5.56 Å². The van der Waals surface area contributed by atoms with Crippen LogP contribution in [0.5, 0.6) is 0 Å². The van der Waals surface area contributed by atoms with Crippen LogP contribution < -0.4 is 5.32 Å². The summed E-state index contributed by atoms with van der Waals surface area (Å²) >= 11 is 0. The molecule has 19 heavy (non-hydrogen) atoms. The van der Waals surface area contributed by atoms with Crippen molar-refractivity contribution in [2.24, 2.45) is 5.92 Å². The molecule has 0 saturated carbocycles. The van der Waals surface area contributed by atoms with Gasteiger partial charge in [0.1, 0.15) is 5.82 Å². The number of carbonyl (C=O) groups excluding carboxylic acids is 1. The zero-order valence-corrected chi connectivity index (χ0v) is 11.5. The number of amides is 1. The Hall–Kier alpha value is -1.13. The van der Waals surface area contributed by atoms with E-state index in [1.165, 1.54) is 12.1 Å². The third-order valence-corrected chi connectivity index (χ3v) is 4.09. The Labute approximate surface area is 118 Å². The molecule has 3 aliphatic heterocycles. The van der Waals surface area contributed by atoms with Gasteiger partial charge >= 0.3 is 0 Å². The highest BCUT2D eigenvalue weighted by Crippen LogP contribution is 2.27. The Morgan fingerprint density at radius 3 is 2.53 bits per heavy atom. The van der Waals surface area contributed by atoms with Crippen LogP contribution in [-0.2, 0) is 0 Å². The Kier molecular flexibility index (Phi) is 4.42. The van der Waals surface area contributed by atoms with Gasteiger partial charge in [0.2, 0.25) is 0 Å². The third kappa shape index (κ3) is 2.90. The molecular formula is C14H18ClFN2O. The zero-order valence-electron chi connectivity index (χ0n) is 10.6. The van der Waals surface area contributed by atoms with E-state index in [1.54, 1.807) is 12.1 Å². The number of fused-ring (bicyclic) bond motifs is 3. The number of halogens is 2. The molecule has 2 bridgehead atoms. The summed E-state index contributed by atoms with van der Waals surface area (Å²) in [6, 6.07) is 6.33. The zero-order chi connectivity index (χ0) is 12.5. The molecule has 0 spiro atoms. The van der Waals surface area contributed by atoms with E-state index in [1.807, 2.05) is 0 Å². The van der Waals surface area contributed by atoms with E-state index in [2.05, 4.69) is 10.2 Å². The van der Waals surface area contributed by atoms with Crippen molar-refractivity contribution in [1.29, 1.82) is 0 Å². The van der Waals surface area contributed by atoms with E-state index in [0.29, 0.717) is 5.92 Å². The van der Waals surface area contributed by atoms with Crippen molar-refractivity contribution >= 4 is 18.3 Å². The molecule has 104 valence electrons. The first-order valence-electron chi connectivity index (χ1n) is 6.52. The molecule has 3 saturated heterocycles. The molecule has 1 unspecified atom stereocenters. The van der Waals surface area contributed by atoms with Crippen LogP contribution in [0.2, 0.25) is 0 Å². The second-order valence-corrected chi connectivity index (χ2v) is 5.20. The van der Waals surface area contributed by atoms with Crippen LogP contribution in [0, 0.1) is 11.7 Å². The molecule has 3 nitrogen and oxygen atoms in total. The monoisotopic (exact) mass is 284 g/mol. The van der Waals surface area contributed by atoms with E-state index >= 15 is 0 Å². The van der Waals surface area contributed by atoms with Crippen molar-refractivity contribution < 1.29 is 9.18 Å². The van der Waals surface area contributed by atoms with Crippen molar-refractivity contribution in [3.8, 4) is 0 Å². The van der Waals surface area contributed by atoms with Gasteiger partial charge in [0, 0.05) is 12.6 Å². The van der Waals surface area contributed by atoms with Gasteiger partial charge in [-0.1, -0.05) is 12.1 Å². The average Bonchev–Trinajstić information content (AvgIpc) is 2.40. The minimum Gasteiger partial charge on any atom is -0.348 e. The summed E-state index contributed by atoms with van der Waals surface area (Å²) < 4.78 is 13.5. The van der Waals surface area contributed by atoms with Crippen molar-refractivity contribution in [3.63, 3.8) is 0 Å². The van der Waals surface area contributed by atoms with Gasteiger partial charge in [0.25, 0.3) is 5.91 Å². The molecule has 1 amide bonds. The van der Waals surface area contributed by atoms with E-state index in [0.717, 1.165) is 32.5 Å². The number of nitrogens with zero attached hydrogens (tertiary/aromatic N) is 1. The van der Waals surface area contributed by atoms with Gasteiger partial charge in [-0.3, -0.25) is 4.79 Å². The van der Waals surface area contributed by atoms with Gasteiger partial charge in [-0.15, -0.1) is 12.4 Å². The lowest BCUT2D eigenvalue weighted by atomic mass is 9.84. The van der Waals surface area contributed by atoms with Crippen LogP contribution in [0.1, 0.15) is 23.2 Å². The first-order chi connectivity index (χ1) is 8.74. The molecule has 5 heteroatoms. The Morgan fingerprint density at radius 2 is 1.95 bits per heavy atom. The molecule has 1 N–H and O–H groups in total. The van der Waals surface area contributed by atoms with E-state index in [9.17, 15) is 9.18 Å². The average molecular weight is 285 g/mol. The number of carbonyl (C=O) groups is 1. The normalized spacial score (nSPS) is 28.6. The molecule has 1 aromatic rings. The fourth-order valence-corrected chi connectivity index (χ4v) is 3.02. The van der Waals surface area contributed by atoms with Crippen molar-refractivity contribution in [2.75, 3.05) is 19.6 Å². The van der Waals surface area contributed by atoms with E-state index in [4.69, 9.17) is 0 Å². The van der Waals surface area contributed by atoms with E-state index < -0.39 is 5.82 Å². The predicted octanol–water partition coefficient (Wildman–Crippen LogP) is 2.07. The van der Waals surface area contributed by atoms with Gasteiger partial charge < -0.3 is 10.2 Å². The van der Waals surface area contributed by atoms with E-state index in [-0.39, 0.29) is 29.9 Å². The smallest absolute Gasteiger partial charge is 0.254 e. The highest BCUT2D eigenvalue weighted by Gasteiger charge is 2.35. The summed E-state index contributed by atoms with van der Waals surface area (Å²) in [5.41, 5.74) is 0.147. The molecule has 3 fully saturated rings. The highest BCUT2D eigenvalue weighted by molar-refractivity contribution is 5.94. The second kappa shape index (κ2) is 5.88. The molecule has 1 aromatic carbocycles. The first-order valence-corrected chi connectivity index (χ1v) is 6.52. The molecule has 3 aliphatic rings. The first kappa shape index (κ1) is 14.3. The molecule has 0 aromatic heterocycles. The molecular weight excluding hydrogens is 267 g/mol. The van der Waals surface area contributed by atoms with Gasteiger partial charge in [-0.2, -0.15) is 0 Å². The summed E-state index contributed by atoms with van der Waals surface area (Å²) in [5.74, 6) is -0.172.